The number of hydrogen-bond acceptors (Lipinski definition) is 3. The topological polar surface area (TPSA) is 67.1 Å². The Labute approximate surface area is 137 Å². The summed E-state index contributed by atoms with van der Waals surface area (Å²) < 4.78 is 0. The van der Waals surface area contributed by atoms with Crippen molar-refractivity contribution in [3.05, 3.63) is 56.5 Å². The third-order valence-corrected chi connectivity index (χ3v) is 3.70. The van der Waals surface area contributed by atoms with Gasteiger partial charge in [-0.05, 0) is 42.8 Å². The zero-order valence-electron chi connectivity index (χ0n) is 11.0. The standard InChI is InChI=1S/C14H12Cl3N3O/c1-7-4-9(20-18)2-3-10(7)14(21)19-13-11(16)5-8(15)6-12(13)17/h2-6,20H,18H2,1H3,(H,19,21). The summed E-state index contributed by atoms with van der Waals surface area (Å²) in [6, 6.07) is 8.16. The molecule has 0 heterocycles. The molecule has 2 aromatic carbocycles. The van der Waals surface area contributed by atoms with Crippen LogP contribution in [0.2, 0.25) is 15.1 Å². The number of nitrogens with one attached hydrogen (secondary N) is 2. The molecule has 0 spiro atoms. The minimum Gasteiger partial charge on any atom is -0.324 e. The van der Waals surface area contributed by atoms with E-state index in [9.17, 15) is 4.79 Å². The molecule has 2 aromatic rings. The first-order valence-electron chi connectivity index (χ1n) is 5.95. The number of nitrogen functional groups attached to an aromatic ring is 1. The molecule has 0 fully saturated rings. The summed E-state index contributed by atoms with van der Waals surface area (Å²) in [5.41, 5.74) is 4.83. The maximum Gasteiger partial charge on any atom is 0.256 e. The van der Waals surface area contributed by atoms with Crippen LogP contribution < -0.4 is 16.6 Å². The molecule has 0 saturated carbocycles. The Bertz CT molecular complexity index is 681. The van der Waals surface area contributed by atoms with Gasteiger partial charge in [-0.1, -0.05) is 34.8 Å². The number of carbonyl (C=O) groups is 1. The first kappa shape index (κ1) is 15.9. The van der Waals surface area contributed by atoms with E-state index < -0.39 is 0 Å². The average molecular weight is 345 g/mol. The normalized spacial score (nSPS) is 10.3. The predicted molar refractivity (Wildman–Crippen MR) is 88.4 cm³/mol. The lowest BCUT2D eigenvalue weighted by molar-refractivity contribution is 0.102. The average Bonchev–Trinajstić information content (AvgIpc) is 2.42. The number of amides is 1. The Kier molecular flexibility index (Phi) is 4.96. The Hall–Kier alpha value is -1.46. The molecule has 0 aromatic heterocycles. The second-order valence-corrected chi connectivity index (χ2v) is 5.62. The van der Waals surface area contributed by atoms with Crippen LogP contribution in [0.1, 0.15) is 15.9 Å². The van der Waals surface area contributed by atoms with E-state index in [0.717, 1.165) is 5.56 Å². The number of carbonyl (C=O) groups excluding carboxylic acids is 1. The highest BCUT2D eigenvalue weighted by Gasteiger charge is 2.14. The third-order valence-electron chi connectivity index (χ3n) is 2.88. The van der Waals surface area contributed by atoms with E-state index in [-0.39, 0.29) is 16.0 Å². The number of halogens is 3. The molecule has 1 amide bonds. The minimum absolute atomic E-state index is 0.277. The smallest absolute Gasteiger partial charge is 0.256 e. The first-order chi connectivity index (χ1) is 9.92. The summed E-state index contributed by atoms with van der Waals surface area (Å²) in [5, 5.41) is 3.64. The monoisotopic (exact) mass is 343 g/mol. The van der Waals surface area contributed by atoms with Crippen molar-refractivity contribution in [1.82, 2.24) is 0 Å². The Balaban J connectivity index is 2.30. The number of anilines is 2. The molecule has 4 N–H and O–H groups in total. The summed E-state index contributed by atoms with van der Waals surface area (Å²) in [4.78, 5) is 12.3. The van der Waals surface area contributed by atoms with Crippen molar-refractivity contribution in [3.63, 3.8) is 0 Å². The number of rotatable bonds is 3. The summed E-state index contributed by atoms with van der Waals surface area (Å²) in [6.45, 7) is 1.81. The second-order valence-electron chi connectivity index (χ2n) is 4.37. The molecule has 0 atom stereocenters. The lowest BCUT2D eigenvalue weighted by Gasteiger charge is -2.12. The highest BCUT2D eigenvalue weighted by atomic mass is 35.5. The van der Waals surface area contributed by atoms with Gasteiger partial charge in [0.1, 0.15) is 0 Å². The van der Waals surface area contributed by atoms with Gasteiger partial charge in [-0.2, -0.15) is 0 Å². The van der Waals surface area contributed by atoms with Crippen LogP contribution in [0.5, 0.6) is 0 Å². The second kappa shape index (κ2) is 6.54. The van der Waals surface area contributed by atoms with E-state index in [2.05, 4.69) is 10.7 Å². The highest BCUT2D eigenvalue weighted by molar-refractivity contribution is 6.42. The summed E-state index contributed by atoms with van der Waals surface area (Å²) in [5.74, 6) is 5.01. The fraction of sp³-hybridized carbons (Fsp3) is 0.0714. The van der Waals surface area contributed by atoms with Gasteiger partial charge < -0.3 is 10.7 Å². The highest BCUT2D eigenvalue weighted by Crippen LogP contribution is 2.34. The van der Waals surface area contributed by atoms with Gasteiger partial charge in [0.25, 0.3) is 5.91 Å². The fourth-order valence-corrected chi connectivity index (χ4v) is 2.76. The molecule has 0 bridgehead atoms. The fourth-order valence-electron chi connectivity index (χ4n) is 1.85. The Morgan fingerprint density at radius 3 is 2.24 bits per heavy atom. The van der Waals surface area contributed by atoms with Crippen LogP contribution in [0.3, 0.4) is 0 Å². The molecule has 0 saturated heterocycles. The summed E-state index contributed by atoms with van der Waals surface area (Å²) in [6.07, 6.45) is 0. The quantitative estimate of drug-likeness (QED) is 0.567. The number of benzene rings is 2. The van der Waals surface area contributed by atoms with Crippen molar-refractivity contribution in [1.29, 1.82) is 0 Å². The molecule has 110 valence electrons. The number of nitrogens with two attached hydrogens (primary N) is 1. The molecule has 0 aliphatic heterocycles. The van der Waals surface area contributed by atoms with Gasteiger partial charge in [0.15, 0.2) is 0 Å². The van der Waals surface area contributed by atoms with Crippen molar-refractivity contribution in [2.75, 3.05) is 10.7 Å². The zero-order chi connectivity index (χ0) is 15.6. The van der Waals surface area contributed by atoms with Gasteiger partial charge in [0, 0.05) is 16.3 Å². The van der Waals surface area contributed by atoms with E-state index >= 15 is 0 Å². The van der Waals surface area contributed by atoms with E-state index in [1.165, 1.54) is 12.1 Å². The number of hydrogen-bond donors (Lipinski definition) is 3. The number of aryl methyl sites for hydroxylation is 1. The van der Waals surface area contributed by atoms with Crippen molar-refractivity contribution < 1.29 is 4.79 Å². The van der Waals surface area contributed by atoms with Crippen molar-refractivity contribution in [2.24, 2.45) is 5.84 Å². The van der Waals surface area contributed by atoms with Crippen molar-refractivity contribution >= 4 is 52.1 Å². The molecule has 0 aliphatic rings. The first-order valence-corrected chi connectivity index (χ1v) is 7.09. The van der Waals surface area contributed by atoms with E-state index in [1.54, 1.807) is 25.1 Å². The predicted octanol–water partition coefficient (Wildman–Crippen LogP) is 4.49. The van der Waals surface area contributed by atoms with E-state index in [0.29, 0.717) is 22.0 Å². The largest absolute Gasteiger partial charge is 0.324 e. The van der Waals surface area contributed by atoms with Crippen LogP contribution in [0.4, 0.5) is 11.4 Å². The van der Waals surface area contributed by atoms with Gasteiger partial charge in [-0.15, -0.1) is 0 Å². The Morgan fingerprint density at radius 1 is 1.10 bits per heavy atom. The molecule has 2 rings (SSSR count). The van der Waals surface area contributed by atoms with Crippen molar-refractivity contribution in [3.8, 4) is 0 Å². The summed E-state index contributed by atoms with van der Waals surface area (Å²) >= 11 is 17.9. The van der Waals surface area contributed by atoms with Crippen LogP contribution in [-0.4, -0.2) is 5.91 Å². The van der Waals surface area contributed by atoms with Gasteiger partial charge in [-0.3, -0.25) is 10.6 Å². The lowest BCUT2D eigenvalue weighted by Crippen LogP contribution is -2.15. The molecular formula is C14H12Cl3N3O. The molecule has 21 heavy (non-hydrogen) atoms. The molecule has 0 aliphatic carbocycles. The lowest BCUT2D eigenvalue weighted by atomic mass is 10.1. The van der Waals surface area contributed by atoms with Crippen LogP contribution >= 0.6 is 34.8 Å². The zero-order valence-corrected chi connectivity index (χ0v) is 13.3. The maximum absolute atomic E-state index is 12.3. The van der Waals surface area contributed by atoms with Crippen LogP contribution in [0, 0.1) is 6.92 Å². The van der Waals surface area contributed by atoms with E-state index in [1.807, 2.05) is 0 Å². The van der Waals surface area contributed by atoms with Crippen LogP contribution in [0.25, 0.3) is 0 Å². The SMILES string of the molecule is Cc1cc(NN)ccc1C(=O)Nc1c(Cl)cc(Cl)cc1Cl. The molecule has 7 heteroatoms. The summed E-state index contributed by atoms with van der Waals surface area (Å²) in [7, 11) is 0. The Morgan fingerprint density at radius 2 is 1.71 bits per heavy atom. The minimum atomic E-state index is -0.317. The third kappa shape index (κ3) is 3.60. The van der Waals surface area contributed by atoms with Gasteiger partial charge in [-0.25, -0.2) is 0 Å². The van der Waals surface area contributed by atoms with Gasteiger partial charge in [0.2, 0.25) is 0 Å². The maximum atomic E-state index is 12.3. The van der Waals surface area contributed by atoms with Gasteiger partial charge >= 0.3 is 0 Å². The van der Waals surface area contributed by atoms with Crippen LogP contribution in [0.15, 0.2) is 30.3 Å². The van der Waals surface area contributed by atoms with E-state index in [4.69, 9.17) is 40.6 Å². The van der Waals surface area contributed by atoms with Gasteiger partial charge in [0.05, 0.1) is 15.7 Å². The van der Waals surface area contributed by atoms with Crippen LogP contribution in [-0.2, 0) is 0 Å². The molecule has 0 unspecified atom stereocenters. The van der Waals surface area contributed by atoms with Crippen molar-refractivity contribution in [2.45, 2.75) is 6.92 Å². The molecular weight excluding hydrogens is 333 g/mol. The number of hydrazine groups is 1. The molecule has 4 nitrogen and oxygen atoms in total. The molecule has 0 radical (unpaired) electrons.